The van der Waals surface area contributed by atoms with Crippen molar-refractivity contribution < 1.29 is 35.5 Å². The average Bonchev–Trinajstić information content (AvgIpc) is 2.41. The molecule has 0 aliphatic carbocycles. The van der Waals surface area contributed by atoms with Crippen LogP contribution in [0.25, 0.3) is 0 Å². The number of rotatable bonds is 6. The fourth-order valence-corrected chi connectivity index (χ4v) is 1.87. The molecule has 0 saturated heterocycles. The molecule has 0 N–H and O–H groups in total. The highest BCUT2D eigenvalue weighted by Gasteiger charge is 2.26. The van der Waals surface area contributed by atoms with Gasteiger partial charge in [0.25, 0.3) is 0 Å². The average molecular weight is 304 g/mol. The molecule has 0 heterocycles. The van der Waals surface area contributed by atoms with Gasteiger partial charge in [0.05, 0.1) is 18.8 Å². The lowest BCUT2D eigenvalue weighted by Crippen LogP contribution is -2.08. The summed E-state index contributed by atoms with van der Waals surface area (Å²) in [4.78, 5) is 0. The Morgan fingerprint density at radius 1 is 0.842 bits per heavy atom. The van der Waals surface area contributed by atoms with Crippen LogP contribution in [0.4, 0.5) is 22.0 Å². The molecule has 0 spiro atoms. The minimum Gasteiger partial charge on any atom is -0.316 e. The molecule has 0 aliphatic rings. The molecule has 19 heavy (non-hydrogen) atoms. The summed E-state index contributed by atoms with van der Waals surface area (Å²) in [5.41, 5.74) is -1.07. The van der Waals surface area contributed by atoms with E-state index in [9.17, 15) is 22.0 Å². The quantitative estimate of drug-likeness (QED) is 0.346. The second-order valence-corrected chi connectivity index (χ2v) is 4.47. The normalized spacial score (nSPS) is 12.8. The van der Waals surface area contributed by atoms with Crippen LogP contribution in [-0.4, -0.2) is 13.7 Å². The molecule has 9 heteroatoms. The number of hydrogen-bond donors (Lipinski definition) is 0. The predicted octanol–water partition coefficient (Wildman–Crippen LogP) is 3.81. The topological polar surface area (TPSA) is 27.7 Å². The maximum absolute atomic E-state index is 13.3. The van der Waals surface area contributed by atoms with E-state index in [0.717, 1.165) is 0 Å². The summed E-state index contributed by atoms with van der Waals surface area (Å²) in [5.74, 6) is -10.1. The van der Waals surface area contributed by atoms with Crippen molar-refractivity contribution in [3.05, 3.63) is 34.6 Å². The van der Waals surface area contributed by atoms with Gasteiger partial charge in [0, 0.05) is 7.11 Å². The van der Waals surface area contributed by atoms with Crippen molar-refractivity contribution in [1.82, 2.24) is 0 Å². The van der Waals surface area contributed by atoms with Crippen molar-refractivity contribution in [1.29, 1.82) is 0 Å². The lowest BCUT2D eigenvalue weighted by atomic mass is 10.2. The van der Waals surface area contributed by atoms with E-state index < -0.39 is 49.9 Å². The van der Waals surface area contributed by atoms with Crippen LogP contribution in [0.1, 0.15) is 12.5 Å². The van der Waals surface area contributed by atoms with E-state index in [2.05, 4.69) is 0 Å². The number of benzene rings is 1. The van der Waals surface area contributed by atoms with Crippen LogP contribution in [0.15, 0.2) is 0 Å². The Morgan fingerprint density at radius 2 is 1.32 bits per heavy atom. The molecule has 108 valence electrons. The van der Waals surface area contributed by atoms with Gasteiger partial charge in [-0.05, 0) is 6.92 Å². The molecule has 1 rings (SSSR count). The van der Waals surface area contributed by atoms with Gasteiger partial charge in [0.2, 0.25) is 5.82 Å². The molecule has 0 saturated carbocycles. The highest BCUT2D eigenvalue weighted by atomic mass is 31.2. The molecule has 1 aromatic carbocycles. The van der Waals surface area contributed by atoms with E-state index >= 15 is 0 Å². The first-order valence-corrected chi connectivity index (χ1v) is 6.13. The van der Waals surface area contributed by atoms with Crippen LogP contribution in [0, 0.1) is 29.1 Å². The highest BCUT2D eigenvalue weighted by Crippen LogP contribution is 2.40. The van der Waals surface area contributed by atoms with Gasteiger partial charge in [-0.2, -0.15) is 0 Å². The number of hydrogen-bond acceptors (Lipinski definition) is 3. The van der Waals surface area contributed by atoms with Crippen molar-refractivity contribution >= 4 is 8.60 Å². The summed E-state index contributed by atoms with van der Waals surface area (Å²) in [6.45, 7) is 0.970. The summed E-state index contributed by atoms with van der Waals surface area (Å²) in [6, 6.07) is 0. The summed E-state index contributed by atoms with van der Waals surface area (Å²) >= 11 is 0. The summed E-state index contributed by atoms with van der Waals surface area (Å²) in [7, 11) is -0.684. The third-order valence-electron chi connectivity index (χ3n) is 2.00. The SMILES string of the molecule is CCOP(OC)OCc1c(F)c(F)c(F)c(F)c1F. The third-order valence-corrected chi connectivity index (χ3v) is 3.11. The first kappa shape index (κ1) is 16.2. The molecular formula is C10H10F5O3P. The molecule has 0 aliphatic heterocycles. The molecule has 0 aromatic heterocycles. The Kier molecular flexibility index (Phi) is 6.06. The lowest BCUT2D eigenvalue weighted by Gasteiger charge is -2.14. The van der Waals surface area contributed by atoms with Gasteiger partial charge in [-0.3, -0.25) is 0 Å². The first-order chi connectivity index (χ1) is 8.93. The van der Waals surface area contributed by atoms with E-state index in [1.165, 1.54) is 7.11 Å². The van der Waals surface area contributed by atoms with Crippen molar-refractivity contribution in [2.75, 3.05) is 13.7 Å². The highest BCUT2D eigenvalue weighted by molar-refractivity contribution is 7.41. The monoisotopic (exact) mass is 304 g/mol. The van der Waals surface area contributed by atoms with Crippen LogP contribution in [-0.2, 0) is 20.2 Å². The Labute approximate surface area is 107 Å². The van der Waals surface area contributed by atoms with Crippen LogP contribution >= 0.6 is 8.60 Å². The second-order valence-electron chi connectivity index (χ2n) is 3.15. The maximum atomic E-state index is 13.3. The van der Waals surface area contributed by atoms with Crippen LogP contribution < -0.4 is 0 Å². The maximum Gasteiger partial charge on any atom is 0.332 e. The van der Waals surface area contributed by atoms with Crippen molar-refractivity contribution in [2.24, 2.45) is 0 Å². The van der Waals surface area contributed by atoms with E-state index in [1.54, 1.807) is 6.92 Å². The van der Waals surface area contributed by atoms with Gasteiger partial charge >= 0.3 is 8.60 Å². The Morgan fingerprint density at radius 3 is 1.74 bits per heavy atom. The van der Waals surface area contributed by atoms with Crippen LogP contribution in [0.3, 0.4) is 0 Å². The molecule has 3 nitrogen and oxygen atoms in total. The molecule has 1 aromatic rings. The third kappa shape index (κ3) is 3.60. The zero-order chi connectivity index (χ0) is 14.6. The number of halogens is 5. The Bertz CT molecular complexity index is 428. The van der Waals surface area contributed by atoms with E-state index in [1.807, 2.05) is 0 Å². The Balaban J connectivity index is 2.95. The van der Waals surface area contributed by atoms with Crippen molar-refractivity contribution in [3.8, 4) is 0 Å². The molecular weight excluding hydrogens is 294 g/mol. The first-order valence-electron chi connectivity index (χ1n) is 5.04. The van der Waals surface area contributed by atoms with Crippen LogP contribution in [0.2, 0.25) is 0 Å². The van der Waals surface area contributed by atoms with Crippen molar-refractivity contribution in [3.63, 3.8) is 0 Å². The van der Waals surface area contributed by atoms with Gasteiger partial charge in [0.15, 0.2) is 23.3 Å². The molecule has 0 radical (unpaired) electrons. The Hall–Kier alpha value is -0.820. The lowest BCUT2D eigenvalue weighted by molar-refractivity contribution is 0.175. The van der Waals surface area contributed by atoms with E-state index in [0.29, 0.717) is 0 Å². The predicted molar refractivity (Wildman–Crippen MR) is 56.6 cm³/mol. The van der Waals surface area contributed by atoms with Crippen LogP contribution in [0.5, 0.6) is 0 Å². The molecule has 1 unspecified atom stereocenters. The minimum absolute atomic E-state index is 0.205. The smallest absolute Gasteiger partial charge is 0.316 e. The van der Waals surface area contributed by atoms with E-state index in [4.69, 9.17) is 13.6 Å². The summed E-state index contributed by atoms with van der Waals surface area (Å²) in [5, 5.41) is 0. The van der Waals surface area contributed by atoms with Gasteiger partial charge in [-0.25, -0.2) is 22.0 Å². The molecule has 0 bridgehead atoms. The van der Waals surface area contributed by atoms with Crippen molar-refractivity contribution in [2.45, 2.75) is 13.5 Å². The minimum atomic E-state index is -2.21. The van der Waals surface area contributed by atoms with Gasteiger partial charge in [0.1, 0.15) is 0 Å². The van der Waals surface area contributed by atoms with E-state index in [-0.39, 0.29) is 6.61 Å². The fraction of sp³-hybridized carbons (Fsp3) is 0.400. The fourth-order valence-electron chi connectivity index (χ4n) is 1.14. The summed E-state index contributed by atoms with van der Waals surface area (Å²) in [6.07, 6.45) is 0. The standard InChI is InChI=1S/C10H10F5O3P/c1-3-17-19(16-2)18-4-5-6(11)8(13)10(15)9(14)7(5)12/h3-4H2,1-2H3. The van der Waals surface area contributed by atoms with Gasteiger partial charge in [-0.15, -0.1) is 0 Å². The summed E-state index contributed by atoms with van der Waals surface area (Å²) < 4.78 is 79.5. The zero-order valence-electron chi connectivity index (χ0n) is 9.98. The molecule has 0 fully saturated rings. The van der Waals surface area contributed by atoms with Gasteiger partial charge < -0.3 is 13.6 Å². The largest absolute Gasteiger partial charge is 0.332 e. The second kappa shape index (κ2) is 7.09. The molecule has 0 amide bonds. The molecule has 1 atom stereocenters. The van der Waals surface area contributed by atoms with Gasteiger partial charge in [-0.1, -0.05) is 0 Å². The zero-order valence-corrected chi connectivity index (χ0v) is 10.9.